The summed E-state index contributed by atoms with van der Waals surface area (Å²) in [5.74, 6) is 0. The Kier molecular flexibility index (Phi) is 4.36. The highest BCUT2D eigenvalue weighted by Gasteiger charge is 1.99. The lowest BCUT2D eigenvalue weighted by atomic mass is 10.1. The molecule has 0 rings (SSSR count). The van der Waals surface area contributed by atoms with Crippen LogP contribution >= 0.6 is 0 Å². The van der Waals surface area contributed by atoms with E-state index in [4.69, 9.17) is 10.5 Å². The summed E-state index contributed by atoms with van der Waals surface area (Å²) < 4.78 is 4.84. The molecule has 0 bridgehead atoms. The fraction of sp³-hybridized carbons (Fsp3) is 0.714. The first-order chi connectivity index (χ1) is 4.18. The summed E-state index contributed by atoms with van der Waals surface area (Å²) in [6.45, 7) is 6.37. The summed E-state index contributed by atoms with van der Waals surface area (Å²) in [7, 11) is 1.67. The van der Waals surface area contributed by atoms with Crippen LogP contribution < -0.4 is 5.73 Å². The van der Waals surface area contributed by atoms with E-state index in [0.717, 1.165) is 12.0 Å². The monoisotopic (exact) mass is 129 g/mol. The highest BCUT2D eigenvalue weighted by Crippen LogP contribution is 1.98. The highest BCUT2D eigenvalue weighted by molar-refractivity contribution is 4.99. The van der Waals surface area contributed by atoms with Gasteiger partial charge in [0.15, 0.2) is 0 Å². The molecule has 54 valence electrons. The molecule has 0 saturated heterocycles. The van der Waals surface area contributed by atoms with Crippen LogP contribution in [0, 0.1) is 0 Å². The summed E-state index contributed by atoms with van der Waals surface area (Å²) in [5.41, 5.74) is 6.64. The van der Waals surface area contributed by atoms with E-state index in [0.29, 0.717) is 6.61 Å². The molecule has 0 aromatic rings. The van der Waals surface area contributed by atoms with Crippen LogP contribution in [-0.2, 0) is 4.74 Å². The summed E-state index contributed by atoms with van der Waals surface area (Å²) in [6, 6.07) is 0.102. The molecule has 0 aromatic carbocycles. The fourth-order valence-corrected chi connectivity index (χ4v) is 0.491. The van der Waals surface area contributed by atoms with Crippen LogP contribution in [0.4, 0.5) is 0 Å². The Morgan fingerprint density at radius 1 is 1.78 bits per heavy atom. The predicted molar refractivity (Wildman–Crippen MR) is 39.3 cm³/mol. The smallest absolute Gasteiger partial charge is 0.0480 e. The molecular formula is C7H15NO. The zero-order valence-corrected chi connectivity index (χ0v) is 6.18. The van der Waals surface area contributed by atoms with E-state index >= 15 is 0 Å². The molecule has 0 spiro atoms. The lowest BCUT2D eigenvalue weighted by Gasteiger charge is -2.08. The van der Waals surface area contributed by atoms with Crippen LogP contribution in [0.25, 0.3) is 0 Å². The van der Waals surface area contributed by atoms with Crippen molar-refractivity contribution in [3.63, 3.8) is 0 Å². The van der Waals surface area contributed by atoms with E-state index in [2.05, 4.69) is 6.58 Å². The van der Waals surface area contributed by atoms with E-state index < -0.39 is 0 Å². The van der Waals surface area contributed by atoms with Crippen LogP contribution in [0.2, 0.25) is 0 Å². The normalized spacial score (nSPS) is 13.2. The molecule has 9 heavy (non-hydrogen) atoms. The van der Waals surface area contributed by atoms with Gasteiger partial charge in [-0.3, -0.25) is 0 Å². The minimum absolute atomic E-state index is 0.102. The van der Waals surface area contributed by atoms with Crippen LogP contribution in [0.5, 0.6) is 0 Å². The molecular weight excluding hydrogens is 114 g/mol. The predicted octanol–water partition coefficient (Wildman–Crippen LogP) is 0.926. The van der Waals surface area contributed by atoms with Crippen LogP contribution in [0.1, 0.15) is 13.3 Å². The second-order valence-electron chi connectivity index (χ2n) is 2.23. The van der Waals surface area contributed by atoms with Gasteiger partial charge < -0.3 is 10.5 Å². The van der Waals surface area contributed by atoms with Gasteiger partial charge in [-0.1, -0.05) is 12.2 Å². The molecule has 0 amide bonds. The molecule has 0 aromatic heterocycles. The van der Waals surface area contributed by atoms with Gasteiger partial charge in [0.2, 0.25) is 0 Å². The molecule has 0 aliphatic carbocycles. The largest absolute Gasteiger partial charge is 0.385 e. The molecule has 2 nitrogen and oxygen atoms in total. The SMILES string of the molecule is C=C(C)C(N)CCOC. The maximum absolute atomic E-state index is 5.62. The molecule has 0 aliphatic rings. The molecule has 1 unspecified atom stereocenters. The van der Waals surface area contributed by atoms with Gasteiger partial charge in [-0.05, 0) is 13.3 Å². The van der Waals surface area contributed by atoms with Crippen LogP contribution in [0.15, 0.2) is 12.2 Å². The number of ether oxygens (including phenoxy) is 1. The number of methoxy groups -OCH3 is 1. The van der Waals surface area contributed by atoms with Crippen molar-refractivity contribution in [1.29, 1.82) is 0 Å². The molecule has 0 fully saturated rings. The van der Waals surface area contributed by atoms with Crippen molar-refractivity contribution in [2.45, 2.75) is 19.4 Å². The summed E-state index contributed by atoms with van der Waals surface area (Å²) in [4.78, 5) is 0. The van der Waals surface area contributed by atoms with Gasteiger partial charge in [-0.15, -0.1) is 0 Å². The van der Waals surface area contributed by atoms with Crippen molar-refractivity contribution in [2.75, 3.05) is 13.7 Å². The van der Waals surface area contributed by atoms with Crippen molar-refractivity contribution in [1.82, 2.24) is 0 Å². The Labute approximate surface area is 56.7 Å². The topological polar surface area (TPSA) is 35.2 Å². The average molecular weight is 129 g/mol. The van der Waals surface area contributed by atoms with Crippen molar-refractivity contribution in [3.05, 3.63) is 12.2 Å². The van der Waals surface area contributed by atoms with Gasteiger partial charge in [0.1, 0.15) is 0 Å². The second-order valence-corrected chi connectivity index (χ2v) is 2.23. The molecule has 0 saturated carbocycles. The van der Waals surface area contributed by atoms with Crippen molar-refractivity contribution >= 4 is 0 Å². The Hall–Kier alpha value is -0.340. The highest BCUT2D eigenvalue weighted by atomic mass is 16.5. The Morgan fingerprint density at radius 2 is 2.33 bits per heavy atom. The second kappa shape index (κ2) is 4.53. The first kappa shape index (κ1) is 8.66. The summed E-state index contributed by atoms with van der Waals surface area (Å²) in [6.07, 6.45) is 0.867. The van der Waals surface area contributed by atoms with Crippen LogP contribution in [0.3, 0.4) is 0 Å². The van der Waals surface area contributed by atoms with Crippen molar-refractivity contribution in [2.24, 2.45) is 5.73 Å². The van der Waals surface area contributed by atoms with E-state index in [1.807, 2.05) is 6.92 Å². The lowest BCUT2D eigenvalue weighted by molar-refractivity contribution is 0.191. The summed E-state index contributed by atoms with van der Waals surface area (Å²) in [5, 5.41) is 0. The van der Waals surface area contributed by atoms with E-state index in [1.54, 1.807) is 7.11 Å². The van der Waals surface area contributed by atoms with E-state index in [-0.39, 0.29) is 6.04 Å². The Morgan fingerprint density at radius 3 is 2.67 bits per heavy atom. The zero-order valence-electron chi connectivity index (χ0n) is 6.18. The maximum Gasteiger partial charge on any atom is 0.0480 e. The molecule has 2 heteroatoms. The first-order valence-electron chi connectivity index (χ1n) is 3.08. The van der Waals surface area contributed by atoms with Gasteiger partial charge in [0, 0.05) is 19.8 Å². The minimum atomic E-state index is 0.102. The van der Waals surface area contributed by atoms with Gasteiger partial charge in [-0.2, -0.15) is 0 Å². The maximum atomic E-state index is 5.62. The molecule has 0 aliphatic heterocycles. The lowest BCUT2D eigenvalue weighted by Crippen LogP contribution is -2.22. The average Bonchev–Trinajstić information content (AvgIpc) is 1.82. The van der Waals surface area contributed by atoms with E-state index in [9.17, 15) is 0 Å². The van der Waals surface area contributed by atoms with Gasteiger partial charge in [-0.25, -0.2) is 0 Å². The van der Waals surface area contributed by atoms with Gasteiger partial charge >= 0.3 is 0 Å². The van der Waals surface area contributed by atoms with Gasteiger partial charge in [0.25, 0.3) is 0 Å². The van der Waals surface area contributed by atoms with Gasteiger partial charge in [0.05, 0.1) is 0 Å². The number of hydrogen-bond acceptors (Lipinski definition) is 2. The number of nitrogens with two attached hydrogens (primary N) is 1. The summed E-state index contributed by atoms with van der Waals surface area (Å²) >= 11 is 0. The first-order valence-corrected chi connectivity index (χ1v) is 3.08. The zero-order chi connectivity index (χ0) is 7.28. The Bertz CT molecular complexity index is 90.9. The quantitative estimate of drug-likeness (QED) is 0.573. The molecule has 1 atom stereocenters. The molecule has 0 radical (unpaired) electrons. The number of hydrogen-bond donors (Lipinski definition) is 1. The van der Waals surface area contributed by atoms with Crippen LogP contribution in [-0.4, -0.2) is 19.8 Å². The minimum Gasteiger partial charge on any atom is -0.385 e. The fourth-order valence-electron chi connectivity index (χ4n) is 0.491. The van der Waals surface area contributed by atoms with Crippen molar-refractivity contribution < 1.29 is 4.74 Å². The third-order valence-corrected chi connectivity index (χ3v) is 1.27. The third-order valence-electron chi connectivity index (χ3n) is 1.27. The van der Waals surface area contributed by atoms with E-state index in [1.165, 1.54) is 0 Å². The number of rotatable bonds is 4. The molecule has 0 heterocycles. The third kappa shape index (κ3) is 4.18. The standard InChI is InChI=1S/C7H15NO/c1-6(2)7(8)4-5-9-3/h7H,1,4-5,8H2,2-3H3. The van der Waals surface area contributed by atoms with Crippen molar-refractivity contribution in [3.8, 4) is 0 Å². The Balaban J connectivity index is 3.27. The molecule has 2 N–H and O–H groups in total.